The first kappa shape index (κ1) is 18.5. The molecule has 1 saturated heterocycles. The molecule has 138 valence electrons. The second-order valence-corrected chi connectivity index (χ2v) is 6.76. The van der Waals surface area contributed by atoms with Gasteiger partial charge in [-0.1, -0.05) is 29.3 Å². The highest BCUT2D eigenvalue weighted by Gasteiger charge is 2.20. The molecule has 1 heterocycles. The van der Waals surface area contributed by atoms with Gasteiger partial charge in [-0.05, 0) is 44.2 Å². The molecule has 0 aromatic heterocycles. The molecule has 3 rings (SSSR count). The molecule has 0 aliphatic carbocycles. The van der Waals surface area contributed by atoms with Gasteiger partial charge in [-0.2, -0.15) is 0 Å². The summed E-state index contributed by atoms with van der Waals surface area (Å²) in [4.78, 5) is 14.8. The van der Waals surface area contributed by atoms with Crippen molar-refractivity contribution in [1.29, 1.82) is 0 Å². The van der Waals surface area contributed by atoms with Gasteiger partial charge in [0.05, 0.1) is 24.6 Å². The minimum Gasteiger partial charge on any atom is -0.481 e. The summed E-state index contributed by atoms with van der Waals surface area (Å²) in [5, 5.41) is 3.52. The third-order valence-electron chi connectivity index (χ3n) is 4.27. The molecule has 1 N–H and O–H groups in total. The standard InChI is InChI=1S/C20H23ClN2O3/c1-14-3-6-17(7-4-14)26-15(2)20(24)22-18-13-16(21)5-8-19(18)23-9-11-25-12-10-23/h3-8,13,15H,9-12H2,1-2H3,(H,22,24)/t15-/m1/s1. The lowest BCUT2D eigenvalue weighted by atomic mass is 10.2. The third-order valence-corrected chi connectivity index (χ3v) is 4.51. The maximum Gasteiger partial charge on any atom is 0.265 e. The molecule has 0 bridgehead atoms. The Morgan fingerprint density at radius 3 is 2.58 bits per heavy atom. The maximum absolute atomic E-state index is 12.6. The number of morpholine rings is 1. The van der Waals surface area contributed by atoms with Crippen molar-refractivity contribution in [2.24, 2.45) is 0 Å². The average Bonchev–Trinajstić information content (AvgIpc) is 2.64. The first-order valence-corrected chi connectivity index (χ1v) is 9.07. The van der Waals surface area contributed by atoms with Crippen LogP contribution in [0, 0.1) is 6.92 Å². The number of hydrogen-bond donors (Lipinski definition) is 1. The summed E-state index contributed by atoms with van der Waals surface area (Å²) in [5.74, 6) is 0.445. The van der Waals surface area contributed by atoms with Crippen LogP contribution in [0.25, 0.3) is 0 Å². The lowest BCUT2D eigenvalue weighted by Crippen LogP contribution is -2.37. The molecule has 0 spiro atoms. The van der Waals surface area contributed by atoms with Crippen LogP contribution in [-0.2, 0) is 9.53 Å². The summed E-state index contributed by atoms with van der Waals surface area (Å²) in [7, 11) is 0. The highest BCUT2D eigenvalue weighted by molar-refractivity contribution is 6.31. The summed E-state index contributed by atoms with van der Waals surface area (Å²) < 4.78 is 11.1. The molecule has 1 atom stereocenters. The van der Waals surface area contributed by atoms with Crippen LogP contribution < -0.4 is 15.0 Å². The largest absolute Gasteiger partial charge is 0.481 e. The normalized spacial score (nSPS) is 15.4. The Balaban J connectivity index is 1.71. The van der Waals surface area contributed by atoms with Crippen LogP contribution in [0.15, 0.2) is 42.5 Å². The van der Waals surface area contributed by atoms with Crippen molar-refractivity contribution in [3.63, 3.8) is 0 Å². The van der Waals surface area contributed by atoms with Gasteiger partial charge in [0.2, 0.25) is 0 Å². The number of amides is 1. The van der Waals surface area contributed by atoms with Gasteiger partial charge in [-0.15, -0.1) is 0 Å². The number of aryl methyl sites for hydroxylation is 1. The second-order valence-electron chi connectivity index (χ2n) is 6.32. The molecule has 1 aliphatic rings. The van der Waals surface area contributed by atoms with Gasteiger partial charge in [0.15, 0.2) is 6.10 Å². The molecule has 0 saturated carbocycles. The van der Waals surface area contributed by atoms with Gasteiger partial charge >= 0.3 is 0 Å². The van der Waals surface area contributed by atoms with Crippen molar-refractivity contribution in [3.05, 3.63) is 53.1 Å². The van der Waals surface area contributed by atoms with Crippen LogP contribution in [0.1, 0.15) is 12.5 Å². The van der Waals surface area contributed by atoms with Crippen molar-refractivity contribution in [1.82, 2.24) is 0 Å². The molecular weight excluding hydrogens is 352 g/mol. The average molecular weight is 375 g/mol. The van der Waals surface area contributed by atoms with Crippen molar-refractivity contribution >= 4 is 28.9 Å². The molecule has 1 aliphatic heterocycles. The van der Waals surface area contributed by atoms with Crippen molar-refractivity contribution < 1.29 is 14.3 Å². The number of halogens is 1. The van der Waals surface area contributed by atoms with Crippen LogP contribution in [-0.4, -0.2) is 38.3 Å². The highest BCUT2D eigenvalue weighted by Crippen LogP contribution is 2.30. The predicted molar refractivity (Wildman–Crippen MR) is 104 cm³/mol. The van der Waals surface area contributed by atoms with Gasteiger partial charge in [-0.3, -0.25) is 4.79 Å². The minimum atomic E-state index is -0.630. The molecule has 0 radical (unpaired) electrons. The number of hydrogen-bond acceptors (Lipinski definition) is 4. The number of anilines is 2. The molecule has 0 unspecified atom stereocenters. The van der Waals surface area contributed by atoms with E-state index in [1.807, 2.05) is 43.3 Å². The zero-order chi connectivity index (χ0) is 18.5. The van der Waals surface area contributed by atoms with E-state index in [2.05, 4.69) is 10.2 Å². The molecule has 2 aromatic rings. The van der Waals surface area contributed by atoms with E-state index in [4.69, 9.17) is 21.1 Å². The van der Waals surface area contributed by atoms with Crippen LogP contribution in [0.3, 0.4) is 0 Å². The van der Waals surface area contributed by atoms with Gasteiger partial charge in [-0.25, -0.2) is 0 Å². The fraction of sp³-hybridized carbons (Fsp3) is 0.350. The van der Waals surface area contributed by atoms with E-state index in [0.29, 0.717) is 29.7 Å². The van der Waals surface area contributed by atoms with E-state index in [9.17, 15) is 4.79 Å². The Kier molecular flexibility index (Phi) is 6.01. The van der Waals surface area contributed by atoms with Crippen LogP contribution in [0.5, 0.6) is 5.75 Å². The van der Waals surface area contributed by atoms with E-state index in [1.165, 1.54) is 0 Å². The first-order chi connectivity index (χ1) is 12.5. The molecule has 26 heavy (non-hydrogen) atoms. The van der Waals surface area contributed by atoms with E-state index in [0.717, 1.165) is 24.3 Å². The van der Waals surface area contributed by atoms with Gasteiger partial charge in [0, 0.05) is 18.1 Å². The van der Waals surface area contributed by atoms with Gasteiger partial charge < -0.3 is 19.7 Å². The zero-order valence-corrected chi connectivity index (χ0v) is 15.8. The topological polar surface area (TPSA) is 50.8 Å². The number of carbonyl (C=O) groups is 1. The summed E-state index contributed by atoms with van der Waals surface area (Å²) in [6.07, 6.45) is -0.630. The van der Waals surface area contributed by atoms with E-state index >= 15 is 0 Å². The second kappa shape index (κ2) is 8.43. The molecule has 6 heteroatoms. The summed E-state index contributed by atoms with van der Waals surface area (Å²) in [5.41, 5.74) is 2.76. The third kappa shape index (κ3) is 4.68. The van der Waals surface area contributed by atoms with Crippen molar-refractivity contribution in [2.75, 3.05) is 36.5 Å². The Morgan fingerprint density at radius 1 is 1.19 bits per heavy atom. The summed E-state index contributed by atoms with van der Waals surface area (Å²) in [6.45, 7) is 6.63. The Morgan fingerprint density at radius 2 is 1.88 bits per heavy atom. The molecule has 5 nitrogen and oxygen atoms in total. The quantitative estimate of drug-likeness (QED) is 0.862. The molecular formula is C20H23ClN2O3. The van der Waals surface area contributed by atoms with Crippen LogP contribution in [0.4, 0.5) is 11.4 Å². The summed E-state index contributed by atoms with van der Waals surface area (Å²) >= 11 is 6.14. The SMILES string of the molecule is Cc1ccc(O[C@H](C)C(=O)Nc2cc(Cl)ccc2N2CCOCC2)cc1. The number of carbonyl (C=O) groups excluding carboxylic acids is 1. The zero-order valence-electron chi connectivity index (χ0n) is 15.0. The molecule has 1 fully saturated rings. The Bertz CT molecular complexity index is 758. The van der Waals surface area contributed by atoms with Gasteiger partial charge in [0.1, 0.15) is 5.75 Å². The van der Waals surface area contributed by atoms with Crippen LogP contribution >= 0.6 is 11.6 Å². The fourth-order valence-electron chi connectivity index (χ4n) is 2.80. The van der Waals surface area contributed by atoms with E-state index in [1.54, 1.807) is 13.0 Å². The lowest BCUT2D eigenvalue weighted by Gasteiger charge is -2.30. The van der Waals surface area contributed by atoms with Gasteiger partial charge in [0.25, 0.3) is 5.91 Å². The maximum atomic E-state index is 12.6. The first-order valence-electron chi connectivity index (χ1n) is 8.69. The highest BCUT2D eigenvalue weighted by atomic mass is 35.5. The molecule has 2 aromatic carbocycles. The monoisotopic (exact) mass is 374 g/mol. The van der Waals surface area contributed by atoms with Crippen LogP contribution in [0.2, 0.25) is 5.02 Å². The fourth-order valence-corrected chi connectivity index (χ4v) is 2.97. The molecule has 1 amide bonds. The minimum absolute atomic E-state index is 0.220. The summed E-state index contributed by atoms with van der Waals surface area (Å²) in [6, 6.07) is 13.1. The Hall–Kier alpha value is -2.24. The lowest BCUT2D eigenvalue weighted by molar-refractivity contribution is -0.122. The van der Waals surface area contributed by atoms with Crippen molar-refractivity contribution in [2.45, 2.75) is 20.0 Å². The smallest absolute Gasteiger partial charge is 0.265 e. The van der Waals surface area contributed by atoms with Crippen molar-refractivity contribution in [3.8, 4) is 5.75 Å². The Labute approximate surface area is 158 Å². The van der Waals surface area contributed by atoms with E-state index in [-0.39, 0.29) is 5.91 Å². The number of rotatable bonds is 5. The predicted octanol–water partition coefficient (Wildman–Crippen LogP) is 3.89. The number of nitrogens with one attached hydrogen (secondary N) is 1. The number of benzene rings is 2. The van der Waals surface area contributed by atoms with E-state index < -0.39 is 6.10 Å². The number of nitrogens with zero attached hydrogens (tertiary/aromatic N) is 1. The number of ether oxygens (including phenoxy) is 2.